The molecule has 4 aliphatic carbocycles. The van der Waals surface area contributed by atoms with Gasteiger partial charge in [0, 0.05) is 5.92 Å². The Balaban J connectivity index is 1.86. The van der Waals surface area contributed by atoms with Crippen molar-refractivity contribution in [3.05, 3.63) is 35.1 Å². The third-order valence-corrected chi connectivity index (χ3v) is 6.56. The molecule has 22 heavy (non-hydrogen) atoms. The van der Waals surface area contributed by atoms with Crippen molar-refractivity contribution >= 4 is 0 Å². The van der Waals surface area contributed by atoms with Crippen LogP contribution >= 0.6 is 0 Å². The fraction of sp³-hybridized carbons (Fsp3) is 0.700. The van der Waals surface area contributed by atoms with Gasteiger partial charge >= 0.3 is 0 Å². The molecule has 2 nitrogen and oxygen atoms in total. The molecule has 0 radical (unpaired) electrons. The summed E-state index contributed by atoms with van der Waals surface area (Å²) in [5.74, 6) is 1.96. The Hall–Kier alpha value is -1.02. The van der Waals surface area contributed by atoms with E-state index in [4.69, 9.17) is 4.74 Å². The smallest absolute Gasteiger partial charge is 0.104 e. The third kappa shape index (κ3) is 1.65. The summed E-state index contributed by atoms with van der Waals surface area (Å²) in [5, 5.41) is 0. The third-order valence-electron chi connectivity index (χ3n) is 6.56. The summed E-state index contributed by atoms with van der Waals surface area (Å²) in [5.41, 5.74) is 3.51. The van der Waals surface area contributed by atoms with Crippen molar-refractivity contribution in [1.82, 2.24) is 4.90 Å². The SMILES string of the molecule is CCOC1=C[C@@]2(N(C)C)C(C3=CCCC3)=C[C@@]13CCCC[C@H]32. The fourth-order valence-corrected chi connectivity index (χ4v) is 5.70. The van der Waals surface area contributed by atoms with Gasteiger partial charge in [0.1, 0.15) is 5.76 Å². The first-order valence-electron chi connectivity index (χ1n) is 9.11. The molecule has 3 atom stereocenters. The molecule has 0 aliphatic heterocycles. The summed E-state index contributed by atoms with van der Waals surface area (Å²) in [6, 6.07) is 0. The minimum absolute atomic E-state index is 0.0844. The van der Waals surface area contributed by atoms with Crippen molar-refractivity contribution in [1.29, 1.82) is 0 Å². The van der Waals surface area contributed by atoms with Gasteiger partial charge in [-0.2, -0.15) is 0 Å². The monoisotopic (exact) mass is 299 g/mol. The molecule has 0 aromatic rings. The number of nitrogens with zero attached hydrogens (tertiary/aromatic N) is 1. The summed E-state index contributed by atoms with van der Waals surface area (Å²) >= 11 is 0. The van der Waals surface area contributed by atoms with Crippen LogP contribution in [0.5, 0.6) is 0 Å². The summed E-state index contributed by atoms with van der Waals surface area (Å²) in [6.07, 6.45) is 16.8. The molecule has 4 rings (SSSR count). The topological polar surface area (TPSA) is 12.5 Å². The van der Waals surface area contributed by atoms with Crippen LogP contribution in [0.2, 0.25) is 0 Å². The van der Waals surface area contributed by atoms with Crippen LogP contribution in [0.3, 0.4) is 0 Å². The van der Waals surface area contributed by atoms with Crippen molar-refractivity contribution in [2.24, 2.45) is 11.3 Å². The minimum Gasteiger partial charge on any atom is -0.498 e. The van der Waals surface area contributed by atoms with Gasteiger partial charge in [0.15, 0.2) is 0 Å². The number of hydrogen-bond donors (Lipinski definition) is 0. The van der Waals surface area contributed by atoms with Crippen LogP contribution in [0.1, 0.15) is 51.9 Å². The second-order valence-electron chi connectivity index (χ2n) is 7.68. The van der Waals surface area contributed by atoms with E-state index in [0.717, 1.165) is 6.61 Å². The molecule has 1 fully saturated rings. The maximum absolute atomic E-state index is 6.15. The van der Waals surface area contributed by atoms with E-state index in [0.29, 0.717) is 5.92 Å². The van der Waals surface area contributed by atoms with Crippen LogP contribution in [0, 0.1) is 11.3 Å². The Labute approximate surface area is 134 Å². The van der Waals surface area contributed by atoms with Gasteiger partial charge in [-0.1, -0.05) is 25.0 Å². The summed E-state index contributed by atoms with van der Waals surface area (Å²) in [6.45, 7) is 2.91. The molecule has 1 saturated carbocycles. The number of rotatable bonds is 4. The van der Waals surface area contributed by atoms with Gasteiger partial charge in [0.25, 0.3) is 0 Å². The van der Waals surface area contributed by atoms with Crippen molar-refractivity contribution in [2.45, 2.75) is 57.4 Å². The van der Waals surface area contributed by atoms with Crippen molar-refractivity contribution in [3.8, 4) is 0 Å². The Morgan fingerprint density at radius 3 is 2.77 bits per heavy atom. The van der Waals surface area contributed by atoms with Gasteiger partial charge in [0.2, 0.25) is 0 Å². The first kappa shape index (κ1) is 14.6. The molecule has 4 aliphatic rings. The van der Waals surface area contributed by atoms with E-state index in [1.54, 1.807) is 11.1 Å². The number of hydrogen-bond acceptors (Lipinski definition) is 2. The molecule has 0 saturated heterocycles. The highest BCUT2D eigenvalue weighted by molar-refractivity contribution is 5.59. The molecule has 0 aromatic carbocycles. The maximum atomic E-state index is 6.15. The van der Waals surface area contributed by atoms with E-state index in [9.17, 15) is 0 Å². The Morgan fingerprint density at radius 2 is 2.09 bits per heavy atom. The van der Waals surface area contributed by atoms with Crippen LogP contribution < -0.4 is 0 Å². The van der Waals surface area contributed by atoms with Crippen molar-refractivity contribution in [2.75, 3.05) is 20.7 Å². The largest absolute Gasteiger partial charge is 0.498 e. The molecule has 0 aromatic heterocycles. The lowest BCUT2D eigenvalue weighted by molar-refractivity contribution is 0.0722. The van der Waals surface area contributed by atoms with E-state index >= 15 is 0 Å². The zero-order chi connectivity index (χ0) is 15.4. The molecular weight excluding hydrogens is 270 g/mol. The van der Waals surface area contributed by atoms with Crippen LogP contribution in [0.15, 0.2) is 35.1 Å². The van der Waals surface area contributed by atoms with Gasteiger partial charge in [-0.15, -0.1) is 0 Å². The van der Waals surface area contributed by atoms with E-state index in [2.05, 4.69) is 44.1 Å². The first-order valence-corrected chi connectivity index (χ1v) is 9.11. The van der Waals surface area contributed by atoms with Gasteiger partial charge in [-0.25, -0.2) is 0 Å². The van der Waals surface area contributed by atoms with Gasteiger partial charge in [-0.05, 0) is 70.3 Å². The van der Waals surface area contributed by atoms with Crippen LogP contribution in [-0.4, -0.2) is 31.1 Å². The van der Waals surface area contributed by atoms with Crippen LogP contribution in [0.25, 0.3) is 0 Å². The Morgan fingerprint density at radius 1 is 1.23 bits per heavy atom. The molecule has 2 bridgehead atoms. The normalized spacial score (nSPS) is 39.6. The molecule has 120 valence electrons. The summed E-state index contributed by atoms with van der Waals surface area (Å²) in [4.78, 5) is 2.47. The van der Waals surface area contributed by atoms with Crippen molar-refractivity contribution < 1.29 is 4.74 Å². The maximum Gasteiger partial charge on any atom is 0.104 e. The molecule has 2 heteroatoms. The average molecular weight is 299 g/mol. The fourth-order valence-electron chi connectivity index (χ4n) is 5.70. The Bertz CT molecular complexity index is 570. The van der Waals surface area contributed by atoms with Crippen LogP contribution in [-0.2, 0) is 4.74 Å². The van der Waals surface area contributed by atoms with Crippen molar-refractivity contribution in [3.63, 3.8) is 0 Å². The van der Waals surface area contributed by atoms with Gasteiger partial charge < -0.3 is 4.74 Å². The molecule has 0 heterocycles. The minimum atomic E-state index is 0.0844. The second-order valence-corrected chi connectivity index (χ2v) is 7.68. The van der Waals surface area contributed by atoms with Crippen LogP contribution in [0.4, 0.5) is 0 Å². The lowest BCUT2D eigenvalue weighted by Gasteiger charge is -2.44. The highest BCUT2D eigenvalue weighted by atomic mass is 16.5. The van der Waals surface area contributed by atoms with E-state index in [1.165, 1.54) is 50.7 Å². The van der Waals surface area contributed by atoms with E-state index in [1.807, 2.05) is 0 Å². The standard InChI is InChI=1S/C20H29NO/c1-4-22-18-14-20(21(2)3)16(15-9-5-6-10-15)13-19(18)12-8-7-11-17(19)20/h9,13-14,17H,4-8,10-12H2,1-3H3/t17-,19-,20-/m1/s1. The first-order chi connectivity index (χ1) is 10.6. The average Bonchev–Trinajstić information content (AvgIpc) is 3.18. The molecule has 0 spiro atoms. The zero-order valence-electron chi connectivity index (χ0n) is 14.3. The van der Waals surface area contributed by atoms with E-state index < -0.39 is 0 Å². The number of allylic oxidation sites excluding steroid dienone is 2. The highest BCUT2D eigenvalue weighted by Gasteiger charge is 2.65. The number of likely N-dealkylation sites (N-methyl/N-ethyl adjacent to an activating group) is 1. The summed E-state index contributed by atoms with van der Waals surface area (Å²) in [7, 11) is 4.53. The molecular formula is C20H29NO. The van der Waals surface area contributed by atoms with Gasteiger partial charge in [-0.3, -0.25) is 4.90 Å². The van der Waals surface area contributed by atoms with Gasteiger partial charge in [0.05, 0.1) is 17.6 Å². The Kier molecular flexibility index (Phi) is 3.30. The predicted molar refractivity (Wildman–Crippen MR) is 90.5 cm³/mol. The second kappa shape index (κ2) is 4.99. The number of ether oxygens (including phenoxy) is 1. The lowest BCUT2D eigenvalue weighted by atomic mass is 9.67. The quantitative estimate of drug-likeness (QED) is 0.760. The molecule has 0 unspecified atom stereocenters. The highest BCUT2D eigenvalue weighted by Crippen LogP contribution is 2.67. The lowest BCUT2D eigenvalue weighted by Crippen LogP contribution is -2.49. The molecule has 0 N–H and O–H groups in total. The molecule has 0 amide bonds. The van der Waals surface area contributed by atoms with E-state index in [-0.39, 0.29) is 11.0 Å². The predicted octanol–water partition coefficient (Wildman–Crippen LogP) is 4.45. The zero-order valence-corrected chi connectivity index (χ0v) is 14.3. The summed E-state index contributed by atoms with van der Waals surface area (Å²) < 4.78 is 6.15.